The Morgan fingerprint density at radius 2 is 1.94 bits per heavy atom. The maximum atomic E-state index is 13.9. The van der Waals surface area contributed by atoms with Gasteiger partial charge in [0.2, 0.25) is 5.91 Å². The molecular weight excluding hydrogens is 419 g/mol. The van der Waals surface area contributed by atoms with Gasteiger partial charge in [-0.25, -0.2) is 4.39 Å². The Kier molecular flexibility index (Phi) is 6.05. The van der Waals surface area contributed by atoms with E-state index >= 15 is 0 Å². The molecule has 6 nitrogen and oxygen atoms in total. The zero-order valence-electron chi connectivity index (χ0n) is 18.3. The van der Waals surface area contributed by atoms with Gasteiger partial charge in [-0.2, -0.15) is 0 Å². The second-order valence-electron chi connectivity index (χ2n) is 8.98. The smallest absolute Gasteiger partial charge is 0.251 e. The van der Waals surface area contributed by atoms with Gasteiger partial charge in [-0.1, -0.05) is 18.2 Å². The van der Waals surface area contributed by atoms with E-state index < -0.39 is 6.17 Å². The minimum atomic E-state index is -0.925. The molecule has 1 aliphatic heterocycles. The van der Waals surface area contributed by atoms with Crippen molar-refractivity contribution in [2.75, 3.05) is 25.0 Å². The zero-order valence-corrected chi connectivity index (χ0v) is 18.3. The molecule has 4 atom stereocenters. The Bertz CT molecular complexity index is 1170. The molecular formula is C26H27FN4O2. The topological polar surface area (TPSA) is 83.1 Å². The van der Waals surface area contributed by atoms with E-state index in [9.17, 15) is 14.0 Å². The molecule has 33 heavy (non-hydrogen) atoms. The highest BCUT2D eigenvalue weighted by molar-refractivity contribution is 5.97. The number of rotatable bonds is 6. The molecule has 0 radical (unpaired) electrons. The second-order valence-corrected chi connectivity index (χ2v) is 8.98. The summed E-state index contributed by atoms with van der Waals surface area (Å²) in [5.74, 6) is -0.227. The third-order valence-electron chi connectivity index (χ3n) is 6.70. The molecule has 3 N–H and O–H groups in total. The number of alkyl halides is 1. The number of nitrogens with one attached hydrogen (secondary N) is 3. The van der Waals surface area contributed by atoms with Crippen molar-refractivity contribution >= 4 is 28.3 Å². The van der Waals surface area contributed by atoms with Crippen LogP contribution in [-0.2, 0) is 4.79 Å². The van der Waals surface area contributed by atoms with E-state index in [4.69, 9.17) is 0 Å². The number of halogens is 1. The largest absolute Gasteiger partial charge is 0.352 e. The molecule has 5 rings (SSSR count). The zero-order chi connectivity index (χ0) is 22.8. The van der Waals surface area contributed by atoms with E-state index in [1.807, 2.05) is 36.4 Å². The maximum Gasteiger partial charge on any atom is 0.251 e. The summed E-state index contributed by atoms with van der Waals surface area (Å²) in [5.41, 5.74) is 2.38. The third-order valence-corrected chi connectivity index (χ3v) is 6.70. The van der Waals surface area contributed by atoms with Crippen LogP contribution in [0.3, 0.4) is 0 Å². The van der Waals surface area contributed by atoms with Gasteiger partial charge in [0, 0.05) is 54.0 Å². The van der Waals surface area contributed by atoms with Crippen molar-refractivity contribution in [1.29, 1.82) is 0 Å². The predicted molar refractivity (Wildman–Crippen MR) is 126 cm³/mol. The van der Waals surface area contributed by atoms with Crippen molar-refractivity contribution < 1.29 is 14.0 Å². The van der Waals surface area contributed by atoms with Crippen molar-refractivity contribution in [3.8, 4) is 0 Å². The summed E-state index contributed by atoms with van der Waals surface area (Å²) >= 11 is 0. The number of aromatic nitrogens is 1. The van der Waals surface area contributed by atoms with Gasteiger partial charge in [-0.05, 0) is 66.6 Å². The number of pyridine rings is 1. The number of anilines is 1. The van der Waals surface area contributed by atoms with Gasteiger partial charge >= 0.3 is 0 Å². The van der Waals surface area contributed by atoms with E-state index in [1.165, 1.54) is 0 Å². The number of fused-ring (bicyclic) bond motifs is 1. The van der Waals surface area contributed by atoms with Crippen LogP contribution in [0.1, 0.15) is 34.7 Å². The number of nitrogens with zero attached hydrogens (tertiary/aromatic N) is 1. The van der Waals surface area contributed by atoms with E-state index in [-0.39, 0.29) is 29.6 Å². The summed E-state index contributed by atoms with van der Waals surface area (Å²) in [5, 5.41) is 11.0. The SMILES string of the molecule is O=C(NCC1CCNCC1F)c1ccc([C@@H]2C[C@H]2C(=O)Nc2ccc3cnccc3c2)cc1. The molecule has 0 spiro atoms. The highest BCUT2D eigenvalue weighted by atomic mass is 19.1. The summed E-state index contributed by atoms with van der Waals surface area (Å²) < 4.78 is 13.9. The Morgan fingerprint density at radius 3 is 2.76 bits per heavy atom. The molecule has 2 aromatic carbocycles. The monoisotopic (exact) mass is 446 g/mol. The van der Waals surface area contributed by atoms with Gasteiger partial charge in [-0.15, -0.1) is 0 Å². The first-order chi connectivity index (χ1) is 16.1. The molecule has 0 bridgehead atoms. The molecule has 2 unspecified atom stereocenters. The summed E-state index contributed by atoms with van der Waals surface area (Å²) in [6.07, 6.45) is 4.13. The molecule has 2 amide bonds. The number of hydrogen-bond acceptors (Lipinski definition) is 4. The van der Waals surface area contributed by atoms with E-state index in [2.05, 4.69) is 20.9 Å². The van der Waals surface area contributed by atoms with Crippen LogP contribution < -0.4 is 16.0 Å². The van der Waals surface area contributed by atoms with Crippen LogP contribution in [0.5, 0.6) is 0 Å². The molecule has 2 heterocycles. The van der Waals surface area contributed by atoms with Crippen LogP contribution in [0, 0.1) is 11.8 Å². The molecule has 170 valence electrons. The maximum absolute atomic E-state index is 13.9. The van der Waals surface area contributed by atoms with Crippen LogP contribution in [0.15, 0.2) is 60.9 Å². The van der Waals surface area contributed by atoms with E-state index in [1.54, 1.807) is 24.5 Å². The average molecular weight is 447 g/mol. The standard InChI is InChI=1S/C26H27FN4O2/c27-24-15-29-10-8-20(24)14-30-25(32)17-3-1-16(2-4-17)22-12-23(22)26(33)31-21-6-5-19-13-28-9-7-18(19)11-21/h1-7,9,11,13,20,22-24,29H,8,10,12,14-15H2,(H,30,32)(H,31,33)/t20?,22-,23+,24?/m0/s1. The molecule has 7 heteroatoms. The second kappa shape index (κ2) is 9.27. The van der Waals surface area contributed by atoms with Gasteiger partial charge in [0.25, 0.3) is 5.91 Å². The quantitative estimate of drug-likeness (QED) is 0.540. The van der Waals surface area contributed by atoms with E-state index in [0.29, 0.717) is 18.7 Å². The van der Waals surface area contributed by atoms with Crippen molar-refractivity contribution in [2.45, 2.75) is 24.9 Å². The molecule has 3 aromatic rings. The Morgan fingerprint density at radius 1 is 1.09 bits per heavy atom. The van der Waals surface area contributed by atoms with Gasteiger partial charge < -0.3 is 16.0 Å². The van der Waals surface area contributed by atoms with Gasteiger partial charge in [-0.3, -0.25) is 14.6 Å². The fraction of sp³-hybridized carbons (Fsp3) is 0.346. The highest BCUT2D eigenvalue weighted by Gasteiger charge is 2.44. The number of amides is 2. The summed E-state index contributed by atoms with van der Waals surface area (Å²) in [7, 11) is 0. The Balaban J connectivity index is 1.14. The molecule has 2 aliphatic rings. The fourth-order valence-corrected chi connectivity index (χ4v) is 4.56. The number of piperidine rings is 1. The van der Waals surface area contributed by atoms with Gasteiger partial charge in [0.1, 0.15) is 6.17 Å². The van der Waals surface area contributed by atoms with Gasteiger partial charge in [0.15, 0.2) is 0 Å². The normalized spacial score (nSPS) is 24.3. The van der Waals surface area contributed by atoms with Crippen molar-refractivity contribution in [3.05, 3.63) is 72.1 Å². The Hall–Kier alpha value is -3.32. The molecule has 1 saturated heterocycles. The molecule has 1 aliphatic carbocycles. The minimum Gasteiger partial charge on any atom is -0.352 e. The van der Waals surface area contributed by atoms with Gasteiger partial charge in [0.05, 0.1) is 0 Å². The lowest BCUT2D eigenvalue weighted by Crippen LogP contribution is -2.43. The van der Waals surface area contributed by atoms with Crippen LogP contribution in [0.25, 0.3) is 10.8 Å². The number of benzene rings is 2. The van der Waals surface area contributed by atoms with Crippen molar-refractivity contribution in [3.63, 3.8) is 0 Å². The summed E-state index contributed by atoms with van der Waals surface area (Å²) in [6, 6.07) is 15.1. The number of carbonyl (C=O) groups is 2. The number of hydrogen-bond donors (Lipinski definition) is 3. The first kappa shape index (κ1) is 21.5. The number of carbonyl (C=O) groups excluding carboxylic acids is 2. The van der Waals surface area contributed by atoms with Crippen molar-refractivity contribution in [1.82, 2.24) is 15.6 Å². The first-order valence-corrected chi connectivity index (χ1v) is 11.5. The van der Waals surface area contributed by atoms with Crippen molar-refractivity contribution in [2.24, 2.45) is 11.8 Å². The third kappa shape index (κ3) is 4.88. The molecule has 2 fully saturated rings. The average Bonchev–Trinajstić information content (AvgIpc) is 3.65. The summed E-state index contributed by atoms with van der Waals surface area (Å²) in [6.45, 7) is 1.48. The lowest BCUT2D eigenvalue weighted by Gasteiger charge is -2.26. The molecule has 1 saturated carbocycles. The van der Waals surface area contributed by atoms with Crippen LogP contribution in [0.2, 0.25) is 0 Å². The predicted octanol–water partition coefficient (Wildman–Crippen LogP) is 3.65. The summed E-state index contributed by atoms with van der Waals surface area (Å²) in [4.78, 5) is 29.3. The lowest BCUT2D eigenvalue weighted by molar-refractivity contribution is -0.117. The lowest BCUT2D eigenvalue weighted by atomic mass is 9.96. The fourth-order valence-electron chi connectivity index (χ4n) is 4.56. The highest BCUT2D eigenvalue weighted by Crippen LogP contribution is 2.48. The van der Waals surface area contributed by atoms with Crippen LogP contribution >= 0.6 is 0 Å². The minimum absolute atomic E-state index is 0.0120. The molecule has 1 aromatic heterocycles. The van der Waals surface area contributed by atoms with Crippen LogP contribution in [0.4, 0.5) is 10.1 Å². The first-order valence-electron chi connectivity index (χ1n) is 11.5. The van der Waals surface area contributed by atoms with E-state index in [0.717, 1.165) is 41.4 Å². The van der Waals surface area contributed by atoms with Crippen LogP contribution in [-0.4, -0.2) is 42.6 Å². The Labute approximate surface area is 192 Å².